The highest BCUT2D eigenvalue weighted by Gasteiger charge is 2.44. The number of aliphatic imine (C=N–C) groups is 1. The third-order valence-electron chi connectivity index (χ3n) is 6.17. The number of benzene rings is 2. The van der Waals surface area contributed by atoms with Crippen LogP contribution in [-0.2, 0) is 20.9 Å². The number of para-hydroxylation sites is 1. The molecule has 36 heavy (non-hydrogen) atoms. The van der Waals surface area contributed by atoms with Crippen molar-refractivity contribution in [1.82, 2.24) is 10.2 Å². The molecule has 0 aromatic heterocycles. The van der Waals surface area contributed by atoms with Gasteiger partial charge in [-0.1, -0.05) is 24.3 Å². The molecule has 2 atom stereocenters. The van der Waals surface area contributed by atoms with Crippen molar-refractivity contribution >= 4 is 29.4 Å². The molecule has 2 aromatic carbocycles. The summed E-state index contributed by atoms with van der Waals surface area (Å²) in [6.45, 7) is 4.21. The SMILES string of the molecule is Cc1cccc(C)c1NC(=O)C1C(=O)NC(CCCN=C(N)N)C(=O)N1Cc1ccc2c(c1)OCO2. The summed E-state index contributed by atoms with van der Waals surface area (Å²) < 4.78 is 10.8. The van der Waals surface area contributed by atoms with Crippen molar-refractivity contribution in [1.29, 1.82) is 0 Å². The van der Waals surface area contributed by atoms with Crippen LogP contribution in [0.25, 0.3) is 0 Å². The summed E-state index contributed by atoms with van der Waals surface area (Å²) in [5.41, 5.74) is 13.7. The monoisotopic (exact) mass is 494 g/mol. The molecule has 0 aliphatic carbocycles. The topological polar surface area (TPSA) is 161 Å². The number of hydrogen-bond donors (Lipinski definition) is 4. The average Bonchev–Trinajstić information content (AvgIpc) is 3.30. The van der Waals surface area contributed by atoms with Crippen LogP contribution in [0.4, 0.5) is 5.69 Å². The first-order valence-corrected chi connectivity index (χ1v) is 11.7. The van der Waals surface area contributed by atoms with E-state index in [1.165, 1.54) is 4.90 Å². The number of nitrogens with one attached hydrogen (secondary N) is 2. The molecule has 1 fully saturated rings. The lowest BCUT2D eigenvalue weighted by Gasteiger charge is -2.38. The van der Waals surface area contributed by atoms with Crippen molar-refractivity contribution in [3.63, 3.8) is 0 Å². The minimum absolute atomic E-state index is 0.0398. The van der Waals surface area contributed by atoms with Crippen molar-refractivity contribution in [2.24, 2.45) is 16.5 Å². The Kier molecular flexibility index (Phi) is 7.28. The van der Waals surface area contributed by atoms with Gasteiger partial charge in [0.2, 0.25) is 12.7 Å². The Bertz CT molecular complexity index is 1190. The van der Waals surface area contributed by atoms with Crippen LogP contribution in [0.1, 0.15) is 29.5 Å². The van der Waals surface area contributed by atoms with Crippen LogP contribution in [0.3, 0.4) is 0 Å². The van der Waals surface area contributed by atoms with Crippen molar-refractivity contribution in [3.05, 3.63) is 53.1 Å². The van der Waals surface area contributed by atoms with Gasteiger partial charge in [-0.25, -0.2) is 0 Å². The van der Waals surface area contributed by atoms with Gasteiger partial charge in [0.25, 0.3) is 11.8 Å². The number of ether oxygens (including phenoxy) is 2. The molecule has 2 unspecified atom stereocenters. The van der Waals surface area contributed by atoms with Crippen molar-refractivity contribution in [2.45, 2.75) is 45.3 Å². The second kappa shape index (κ2) is 10.5. The Morgan fingerprint density at radius 3 is 2.58 bits per heavy atom. The Balaban J connectivity index is 1.59. The molecule has 0 radical (unpaired) electrons. The van der Waals surface area contributed by atoms with Gasteiger partial charge in [-0.05, 0) is 55.5 Å². The number of rotatable bonds is 8. The predicted octanol–water partition coefficient (Wildman–Crippen LogP) is 0.920. The van der Waals surface area contributed by atoms with Crippen molar-refractivity contribution < 1.29 is 23.9 Å². The first kappa shape index (κ1) is 24.8. The van der Waals surface area contributed by atoms with E-state index in [2.05, 4.69) is 15.6 Å². The van der Waals surface area contributed by atoms with Crippen LogP contribution >= 0.6 is 0 Å². The Labute approximate surface area is 208 Å². The average molecular weight is 495 g/mol. The summed E-state index contributed by atoms with van der Waals surface area (Å²) in [5, 5.41) is 5.56. The maximum atomic E-state index is 13.5. The van der Waals surface area contributed by atoms with E-state index in [0.29, 0.717) is 42.1 Å². The Morgan fingerprint density at radius 1 is 1.14 bits per heavy atom. The highest BCUT2D eigenvalue weighted by molar-refractivity contribution is 6.15. The molecule has 0 saturated carbocycles. The molecule has 3 amide bonds. The maximum absolute atomic E-state index is 13.5. The molecule has 2 aromatic rings. The fourth-order valence-electron chi connectivity index (χ4n) is 4.35. The number of carbonyl (C=O) groups excluding carboxylic acids is 3. The highest BCUT2D eigenvalue weighted by Crippen LogP contribution is 2.33. The standard InChI is InChI=1S/C25H30N6O5/c1-14-5-3-6-15(2)20(14)30-23(33)21-22(32)29-17(7-4-10-28-25(26)27)24(34)31(21)12-16-8-9-18-19(11-16)36-13-35-18/h3,5-6,8-9,11,17,21H,4,7,10,12-13H2,1-2H3,(H,29,32)(H,30,33)(H4,26,27,28). The molecule has 11 heteroatoms. The van der Waals surface area contributed by atoms with E-state index in [1.54, 1.807) is 18.2 Å². The highest BCUT2D eigenvalue weighted by atomic mass is 16.7. The van der Waals surface area contributed by atoms with E-state index in [4.69, 9.17) is 20.9 Å². The molecule has 2 aliphatic rings. The van der Waals surface area contributed by atoms with Gasteiger partial charge >= 0.3 is 0 Å². The van der Waals surface area contributed by atoms with Gasteiger partial charge < -0.3 is 36.5 Å². The lowest BCUT2D eigenvalue weighted by Crippen LogP contribution is -2.66. The Hall–Kier alpha value is -4.28. The fourth-order valence-corrected chi connectivity index (χ4v) is 4.35. The third kappa shape index (κ3) is 5.35. The number of piperazine rings is 1. The zero-order valence-electron chi connectivity index (χ0n) is 20.2. The number of aryl methyl sites for hydroxylation is 2. The first-order chi connectivity index (χ1) is 17.2. The van der Waals surface area contributed by atoms with Gasteiger partial charge in [-0.3, -0.25) is 19.4 Å². The van der Waals surface area contributed by atoms with Gasteiger partial charge in [0, 0.05) is 18.8 Å². The van der Waals surface area contributed by atoms with E-state index < -0.39 is 23.9 Å². The summed E-state index contributed by atoms with van der Waals surface area (Å²) >= 11 is 0. The van der Waals surface area contributed by atoms with E-state index in [9.17, 15) is 14.4 Å². The van der Waals surface area contributed by atoms with Crippen LogP contribution in [0, 0.1) is 13.8 Å². The number of anilines is 1. The number of nitrogens with zero attached hydrogens (tertiary/aromatic N) is 2. The second-order valence-corrected chi connectivity index (χ2v) is 8.82. The summed E-state index contributed by atoms with van der Waals surface area (Å²) in [7, 11) is 0. The van der Waals surface area contributed by atoms with Gasteiger partial charge in [0.15, 0.2) is 23.5 Å². The van der Waals surface area contributed by atoms with E-state index in [0.717, 1.165) is 11.1 Å². The molecule has 11 nitrogen and oxygen atoms in total. The second-order valence-electron chi connectivity index (χ2n) is 8.82. The zero-order valence-corrected chi connectivity index (χ0v) is 20.2. The largest absolute Gasteiger partial charge is 0.454 e. The molecular formula is C25H30N6O5. The van der Waals surface area contributed by atoms with Gasteiger partial charge in [-0.2, -0.15) is 0 Å². The van der Waals surface area contributed by atoms with Gasteiger partial charge in [0.1, 0.15) is 6.04 Å². The van der Waals surface area contributed by atoms with E-state index in [1.807, 2.05) is 32.0 Å². The molecule has 2 aliphatic heterocycles. The maximum Gasteiger partial charge on any atom is 0.257 e. The van der Waals surface area contributed by atoms with Crippen molar-refractivity contribution in [3.8, 4) is 11.5 Å². The number of carbonyl (C=O) groups is 3. The number of hydrogen-bond acceptors (Lipinski definition) is 6. The van der Waals surface area contributed by atoms with Crippen LogP contribution in [0.2, 0.25) is 0 Å². The molecular weight excluding hydrogens is 464 g/mol. The zero-order chi connectivity index (χ0) is 25.8. The lowest BCUT2D eigenvalue weighted by atomic mass is 10.0. The molecule has 6 N–H and O–H groups in total. The smallest absolute Gasteiger partial charge is 0.257 e. The first-order valence-electron chi connectivity index (χ1n) is 11.7. The van der Waals surface area contributed by atoms with Crippen LogP contribution in [0.5, 0.6) is 11.5 Å². The fraction of sp³-hybridized carbons (Fsp3) is 0.360. The summed E-state index contributed by atoms with van der Waals surface area (Å²) in [4.78, 5) is 45.4. The number of fused-ring (bicyclic) bond motifs is 1. The quantitative estimate of drug-likeness (QED) is 0.184. The number of amides is 3. The van der Waals surface area contributed by atoms with Crippen LogP contribution < -0.4 is 31.6 Å². The van der Waals surface area contributed by atoms with Crippen LogP contribution in [-0.4, -0.2) is 54.0 Å². The van der Waals surface area contributed by atoms with Crippen molar-refractivity contribution in [2.75, 3.05) is 18.7 Å². The minimum Gasteiger partial charge on any atom is -0.454 e. The Morgan fingerprint density at radius 2 is 1.86 bits per heavy atom. The van der Waals surface area contributed by atoms with E-state index >= 15 is 0 Å². The van der Waals surface area contributed by atoms with E-state index in [-0.39, 0.29) is 25.2 Å². The number of nitrogens with two attached hydrogens (primary N) is 2. The van der Waals surface area contributed by atoms with Crippen LogP contribution in [0.15, 0.2) is 41.4 Å². The third-order valence-corrected chi connectivity index (χ3v) is 6.17. The lowest BCUT2D eigenvalue weighted by molar-refractivity contribution is -0.154. The molecule has 0 bridgehead atoms. The summed E-state index contributed by atoms with van der Waals surface area (Å²) in [6.07, 6.45) is 0.802. The molecule has 0 spiro atoms. The predicted molar refractivity (Wildman–Crippen MR) is 133 cm³/mol. The summed E-state index contributed by atoms with van der Waals surface area (Å²) in [6, 6.07) is 8.73. The normalized spacial score (nSPS) is 18.6. The molecule has 1 saturated heterocycles. The summed E-state index contributed by atoms with van der Waals surface area (Å²) in [5.74, 6) is -0.390. The van der Waals surface area contributed by atoms with Gasteiger partial charge in [0.05, 0.1) is 0 Å². The van der Waals surface area contributed by atoms with Gasteiger partial charge in [-0.15, -0.1) is 0 Å². The number of guanidine groups is 1. The molecule has 190 valence electrons. The minimum atomic E-state index is -1.35. The molecule has 2 heterocycles. The molecule has 4 rings (SSSR count).